The highest BCUT2D eigenvalue weighted by Crippen LogP contribution is 2.34. The average molecular weight is 354 g/mol. The molecule has 2 heteroatoms. The number of fused-ring (bicyclic) bond motifs is 3. The van der Waals surface area contributed by atoms with E-state index in [1.807, 2.05) is 18.2 Å². The van der Waals surface area contributed by atoms with E-state index in [9.17, 15) is 0 Å². The molecule has 0 aliphatic rings. The first kappa shape index (κ1) is 15.2. The second kappa shape index (κ2) is 6.05. The molecule has 5 aromatic rings. The molecule has 1 nitrogen and oxygen atoms in total. The van der Waals surface area contributed by atoms with Crippen LogP contribution in [0.2, 0.25) is 5.02 Å². The van der Waals surface area contributed by atoms with E-state index in [2.05, 4.69) is 77.8 Å². The molecule has 0 aliphatic carbocycles. The zero-order valence-corrected chi connectivity index (χ0v) is 14.8. The number of rotatable bonds is 2. The number of hydrogen-bond acceptors (Lipinski definition) is 0. The van der Waals surface area contributed by atoms with Crippen LogP contribution >= 0.6 is 11.6 Å². The minimum absolute atomic E-state index is 0.776. The molecule has 0 saturated heterocycles. The Balaban J connectivity index is 1.65. The third-order valence-electron chi connectivity index (χ3n) is 4.92. The van der Waals surface area contributed by atoms with Gasteiger partial charge in [0.05, 0.1) is 5.52 Å². The summed E-state index contributed by atoms with van der Waals surface area (Å²) in [6, 6.07) is 31.5. The fourth-order valence-electron chi connectivity index (χ4n) is 3.64. The van der Waals surface area contributed by atoms with Crippen LogP contribution in [0.5, 0.6) is 0 Å². The van der Waals surface area contributed by atoms with Crippen molar-refractivity contribution in [3.63, 3.8) is 0 Å². The van der Waals surface area contributed by atoms with Crippen LogP contribution in [0.15, 0.2) is 91.0 Å². The molecule has 0 aliphatic heterocycles. The standard InChI is InChI=1S/C24H16ClN/c25-22-10-3-1-6-18(22)16-12-14-17(15-13-16)19-8-5-9-21-20-7-2-4-11-23(20)26-24(19)21/h1-15,26H. The molecule has 26 heavy (non-hydrogen) atoms. The van der Waals surface area contributed by atoms with Gasteiger partial charge in [-0.2, -0.15) is 0 Å². The monoisotopic (exact) mass is 353 g/mol. The number of nitrogens with one attached hydrogen (secondary N) is 1. The first-order valence-electron chi connectivity index (χ1n) is 8.66. The Hall–Kier alpha value is -3.03. The van der Waals surface area contributed by atoms with Gasteiger partial charge in [-0.3, -0.25) is 0 Å². The predicted octanol–water partition coefficient (Wildman–Crippen LogP) is 7.31. The average Bonchev–Trinajstić information content (AvgIpc) is 3.07. The predicted molar refractivity (Wildman–Crippen MR) is 112 cm³/mol. The molecule has 1 heterocycles. The number of halogens is 1. The largest absolute Gasteiger partial charge is 0.354 e. The van der Waals surface area contributed by atoms with Gasteiger partial charge in [-0.05, 0) is 23.3 Å². The SMILES string of the molecule is Clc1ccccc1-c1ccc(-c2cccc3c2[nH]c2ccccc23)cc1. The van der Waals surface area contributed by atoms with Crippen molar-refractivity contribution < 1.29 is 0 Å². The minimum atomic E-state index is 0.776. The van der Waals surface area contributed by atoms with E-state index < -0.39 is 0 Å². The zero-order valence-electron chi connectivity index (χ0n) is 14.0. The molecule has 0 atom stereocenters. The molecule has 0 saturated carbocycles. The first-order valence-corrected chi connectivity index (χ1v) is 9.04. The maximum atomic E-state index is 6.33. The Kier molecular flexibility index (Phi) is 3.55. The highest BCUT2D eigenvalue weighted by Gasteiger charge is 2.10. The number of aromatic amines is 1. The van der Waals surface area contributed by atoms with Crippen LogP contribution in [0.1, 0.15) is 0 Å². The lowest BCUT2D eigenvalue weighted by Crippen LogP contribution is -1.83. The number of aromatic nitrogens is 1. The summed E-state index contributed by atoms with van der Waals surface area (Å²) in [6.07, 6.45) is 0. The van der Waals surface area contributed by atoms with E-state index in [1.165, 1.54) is 32.9 Å². The van der Waals surface area contributed by atoms with Crippen LogP contribution in [0.4, 0.5) is 0 Å². The van der Waals surface area contributed by atoms with Gasteiger partial charge in [0.1, 0.15) is 0 Å². The van der Waals surface area contributed by atoms with Crippen molar-refractivity contribution in [3.05, 3.63) is 96.0 Å². The lowest BCUT2D eigenvalue weighted by atomic mass is 9.98. The van der Waals surface area contributed by atoms with Crippen molar-refractivity contribution in [2.24, 2.45) is 0 Å². The van der Waals surface area contributed by atoms with Gasteiger partial charge < -0.3 is 4.98 Å². The molecule has 5 rings (SSSR count). The molecule has 1 N–H and O–H groups in total. The number of para-hydroxylation sites is 2. The molecule has 0 amide bonds. The number of hydrogen-bond donors (Lipinski definition) is 1. The van der Waals surface area contributed by atoms with E-state index in [4.69, 9.17) is 11.6 Å². The maximum absolute atomic E-state index is 6.33. The van der Waals surface area contributed by atoms with E-state index in [1.54, 1.807) is 0 Å². The van der Waals surface area contributed by atoms with Crippen molar-refractivity contribution in [2.75, 3.05) is 0 Å². The Morgan fingerprint density at radius 2 is 1.15 bits per heavy atom. The van der Waals surface area contributed by atoms with Gasteiger partial charge in [-0.15, -0.1) is 0 Å². The summed E-state index contributed by atoms with van der Waals surface area (Å²) < 4.78 is 0. The smallest absolute Gasteiger partial charge is 0.0544 e. The fraction of sp³-hybridized carbons (Fsp3) is 0. The second-order valence-corrected chi connectivity index (χ2v) is 6.86. The van der Waals surface area contributed by atoms with Crippen molar-refractivity contribution in [1.82, 2.24) is 4.98 Å². The molecule has 0 fully saturated rings. The van der Waals surface area contributed by atoms with Crippen LogP contribution in [0.25, 0.3) is 44.1 Å². The van der Waals surface area contributed by atoms with Gasteiger partial charge in [-0.25, -0.2) is 0 Å². The molecule has 4 aromatic carbocycles. The quantitative estimate of drug-likeness (QED) is 0.342. The van der Waals surface area contributed by atoms with Gasteiger partial charge in [0.25, 0.3) is 0 Å². The molecule has 1 aromatic heterocycles. The van der Waals surface area contributed by atoms with Gasteiger partial charge in [0.2, 0.25) is 0 Å². The topological polar surface area (TPSA) is 15.8 Å². The van der Waals surface area contributed by atoms with Crippen molar-refractivity contribution in [1.29, 1.82) is 0 Å². The van der Waals surface area contributed by atoms with Crippen LogP contribution in [0, 0.1) is 0 Å². The van der Waals surface area contributed by atoms with Gasteiger partial charge in [0, 0.05) is 32.4 Å². The summed E-state index contributed by atoms with van der Waals surface area (Å²) in [5.74, 6) is 0. The first-order chi connectivity index (χ1) is 12.8. The Morgan fingerprint density at radius 1 is 0.538 bits per heavy atom. The Morgan fingerprint density at radius 3 is 1.96 bits per heavy atom. The molecular weight excluding hydrogens is 338 g/mol. The summed E-state index contributed by atoms with van der Waals surface area (Å²) >= 11 is 6.33. The fourth-order valence-corrected chi connectivity index (χ4v) is 3.88. The molecule has 0 bridgehead atoms. The molecule has 0 radical (unpaired) electrons. The summed E-state index contributed by atoms with van der Waals surface area (Å²) in [5, 5.41) is 3.29. The summed E-state index contributed by atoms with van der Waals surface area (Å²) in [7, 11) is 0. The van der Waals surface area contributed by atoms with E-state index in [-0.39, 0.29) is 0 Å². The normalized spacial score (nSPS) is 11.3. The molecule has 124 valence electrons. The molecule has 0 spiro atoms. The van der Waals surface area contributed by atoms with Crippen molar-refractivity contribution in [3.8, 4) is 22.3 Å². The van der Waals surface area contributed by atoms with E-state index >= 15 is 0 Å². The lowest BCUT2D eigenvalue weighted by molar-refractivity contribution is 1.53. The maximum Gasteiger partial charge on any atom is 0.0544 e. The van der Waals surface area contributed by atoms with Crippen LogP contribution < -0.4 is 0 Å². The minimum Gasteiger partial charge on any atom is -0.354 e. The van der Waals surface area contributed by atoms with E-state index in [0.717, 1.165) is 16.1 Å². The lowest BCUT2D eigenvalue weighted by Gasteiger charge is -2.07. The Bertz CT molecular complexity index is 1230. The second-order valence-electron chi connectivity index (χ2n) is 6.46. The van der Waals surface area contributed by atoms with E-state index in [0.29, 0.717) is 0 Å². The summed E-state index contributed by atoms with van der Waals surface area (Å²) in [4.78, 5) is 3.58. The number of benzene rings is 4. The molecule has 0 unspecified atom stereocenters. The van der Waals surface area contributed by atoms with Crippen molar-refractivity contribution in [2.45, 2.75) is 0 Å². The Labute approximate surface area is 156 Å². The highest BCUT2D eigenvalue weighted by molar-refractivity contribution is 6.33. The summed E-state index contributed by atoms with van der Waals surface area (Å²) in [6.45, 7) is 0. The van der Waals surface area contributed by atoms with Gasteiger partial charge >= 0.3 is 0 Å². The third-order valence-corrected chi connectivity index (χ3v) is 5.25. The highest BCUT2D eigenvalue weighted by atomic mass is 35.5. The van der Waals surface area contributed by atoms with Gasteiger partial charge in [0.15, 0.2) is 0 Å². The summed E-state index contributed by atoms with van der Waals surface area (Å²) in [5.41, 5.74) is 6.94. The number of H-pyrrole nitrogens is 1. The molecular formula is C24H16ClN. The third kappa shape index (κ3) is 2.40. The van der Waals surface area contributed by atoms with Crippen molar-refractivity contribution >= 4 is 33.4 Å². The van der Waals surface area contributed by atoms with Crippen LogP contribution in [0.3, 0.4) is 0 Å². The van der Waals surface area contributed by atoms with Crippen LogP contribution in [-0.4, -0.2) is 4.98 Å². The zero-order chi connectivity index (χ0) is 17.5. The van der Waals surface area contributed by atoms with Gasteiger partial charge in [-0.1, -0.05) is 90.5 Å². The van der Waals surface area contributed by atoms with Crippen LogP contribution in [-0.2, 0) is 0 Å².